The molecule has 3 rings (SSSR count). The lowest BCUT2D eigenvalue weighted by Gasteiger charge is -2.16. The van der Waals surface area contributed by atoms with Crippen molar-refractivity contribution in [3.8, 4) is 17.2 Å². The Kier molecular flexibility index (Phi) is 7.18. The SMILES string of the molecule is CNC(=O)c1ccccc1Nc1nc(Nc2cc(OC)c(OC)c(OC)c2)nc[c]1[Al]. The first-order chi connectivity index (χ1) is 15.0. The molecule has 0 unspecified atom stereocenters. The summed E-state index contributed by atoms with van der Waals surface area (Å²) in [6, 6.07) is 10.7. The predicted molar refractivity (Wildman–Crippen MR) is 120 cm³/mol. The first-order valence-electron chi connectivity index (χ1n) is 9.28. The van der Waals surface area contributed by atoms with E-state index in [4.69, 9.17) is 14.2 Å². The van der Waals surface area contributed by atoms with Gasteiger partial charge in [0.2, 0.25) is 11.7 Å². The highest BCUT2D eigenvalue weighted by Gasteiger charge is 2.15. The lowest BCUT2D eigenvalue weighted by Crippen LogP contribution is -2.20. The van der Waals surface area contributed by atoms with Crippen molar-refractivity contribution in [2.24, 2.45) is 0 Å². The van der Waals surface area contributed by atoms with Crippen LogP contribution >= 0.6 is 0 Å². The smallest absolute Gasteiger partial charge is 0.253 e. The van der Waals surface area contributed by atoms with Gasteiger partial charge in [0.15, 0.2) is 27.8 Å². The number of aromatic nitrogens is 2. The first kappa shape index (κ1) is 22.2. The van der Waals surface area contributed by atoms with Gasteiger partial charge in [-0.3, -0.25) is 4.79 Å². The van der Waals surface area contributed by atoms with Gasteiger partial charge in [0.25, 0.3) is 5.91 Å². The average Bonchev–Trinajstić information content (AvgIpc) is 2.80. The molecular weight excluding hydrogens is 413 g/mol. The minimum Gasteiger partial charge on any atom is -0.493 e. The van der Waals surface area contributed by atoms with Crippen LogP contribution in [0.5, 0.6) is 17.2 Å². The van der Waals surface area contributed by atoms with Crippen molar-refractivity contribution in [1.29, 1.82) is 0 Å². The van der Waals surface area contributed by atoms with E-state index in [1.165, 1.54) is 0 Å². The van der Waals surface area contributed by atoms with Gasteiger partial charge in [-0.2, -0.15) is 4.98 Å². The highest BCUT2D eigenvalue weighted by molar-refractivity contribution is 6.35. The summed E-state index contributed by atoms with van der Waals surface area (Å²) in [6.45, 7) is 0. The number of para-hydroxylation sites is 1. The number of carbonyl (C=O) groups excluding carboxylic acids is 1. The number of ether oxygens (including phenoxy) is 3. The molecule has 0 fully saturated rings. The molecule has 9 nitrogen and oxygen atoms in total. The molecule has 1 amide bonds. The van der Waals surface area contributed by atoms with E-state index in [0.29, 0.717) is 46.0 Å². The number of rotatable bonds is 8. The van der Waals surface area contributed by atoms with Crippen LogP contribution in [-0.4, -0.2) is 60.5 Å². The van der Waals surface area contributed by atoms with Crippen LogP contribution in [0.15, 0.2) is 42.6 Å². The Balaban J connectivity index is 1.92. The van der Waals surface area contributed by atoms with E-state index >= 15 is 0 Å². The maximum atomic E-state index is 12.2. The maximum Gasteiger partial charge on any atom is 0.253 e. The zero-order chi connectivity index (χ0) is 22.4. The number of hydrogen-bond donors (Lipinski definition) is 3. The Bertz CT molecular complexity index is 1070. The fourth-order valence-electron chi connectivity index (χ4n) is 2.89. The highest BCUT2D eigenvalue weighted by atomic mass is 27.0. The number of hydrogen-bond acceptors (Lipinski definition) is 8. The molecule has 10 heteroatoms. The van der Waals surface area contributed by atoms with E-state index < -0.39 is 0 Å². The summed E-state index contributed by atoms with van der Waals surface area (Å²) in [5.74, 6) is 2.18. The van der Waals surface area contributed by atoms with Gasteiger partial charge in [-0.1, -0.05) is 16.6 Å². The number of nitrogens with zero attached hydrogens (tertiary/aromatic N) is 2. The molecule has 158 valence electrons. The minimum atomic E-state index is -0.196. The molecular formula is C21H22AlN5O4. The normalized spacial score (nSPS) is 10.2. The lowest BCUT2D eigenvalue weighted by atomic mass is 10.1. The Hall–Kier alpha value is -3.48. The van der Waals surface area contributed by atoms with Crippen molar-refractivity contribution in [3.63, 3.8) is 0 Å². The van der Waals surface area contributed by atoms with Crippen LogP contribution in [0.4, 0.5) is 23.1 Å². The molecule has 1 aromatic heterocycles. The van der Waals surface area contributed by atoms with E-state index in [0.717, 1.165) is 4.43 Å². The zero-order valence-electron chi connectivity index (χ0n) is 17.6. The van der Waals surface area contributed by atoms with Crippen molar-refractivity contribution >= 4 is 49.8 Å². The molecule has 2 radical (unpaired) electrons. The molecule has 0 spiro atoms. The maximum absolute atomic E-state index is 12.2. The molecule has 0 saturated carbocycles. The van der Waals surface area contributed by atoms with E-state index in [1.807, 2.05) is 12.1 Å². The molecule has 0 aliphatic heterocycles. The van der Waals surface area contributed by atoms with E-state index in [1.54, 1.807) is 58.8 Å². The first-order valence-corrected chi connectivity index (χ1v) is 9.86. The molecule has 1 heterocycles. The molecule has 31 heavy (non-hydrogen) atoms. The summed E-state index contributed by atoms with van der Waals surface area (Å²) in [5, 5.41) is 8.98. The minimum absolute atomic E-state index is 0.196. The summed E-state index contributed by atoms with van der Waals surface area (Å²) in [4.78, 5) is 21.0. The van der Waals surface area contributed by atoms with Crippen LogP contribution in [0.2, 0.25) is 0 Å². The zero-order valence-corrected chi connectivity index (χ0v) is 18.8. The number of amides is 1. The Labute approximate surface area is 188 Å². The fraction of sp³-hybridized carbons (Fsp3) is 0.190. The lowest BCUT2D eigenvalue weighted by molar-refractivity contribution is 0.0964. The molecule has 2 aromatic carbocycles. The summed E-state index contributed by atoms with van der Waals surface area (Å²) in [5.41, 5.74) is 1.79. The number of benzene rings is 2. The largest absolute Gasteiger partial charge is 0.493 e. The molecule has 3 N–H and O–H groups in total. The van der Waals surface area contributed by atoms with Crippen LogP contribution in [0.3, 0.4) is 0 Å². The molecule has 0 aliphatic carbocycles. The van der Waals surface area contributed by atoms with Gasteiger partial charge in [-0.15, -0.1) is 0 Å². The van der Waals surface area contributed by atoms with Crippen LogP contribution in [0.25, 0.3) is 0 Å². The van der Waals surface area contributed by atoms with E-state index in [9.17, 15) is 4.79 Å². The summed E-state index contributed by atoms with van der Waals surface area (Å²) >= 11 is 2.58. The fourth-order valence-corrected chi connectivity index (χ4v) is 3.10. The van der Waals surface area contributed by atoms with Gasteiger partial charge in [-0.25, -0.2) is 4.98 Å². The number of nitrogens with one attached hydrogen (secondary N) is 3. The van der Waals surface area contributed by atoms with E-state index in [-0.39, 0.29) is 5.91 Å². The summed E-state index contributed by atoms with van der Waals surface area (Å²) in [7, 11) is 6.23. The van der Waals surface area contributed by atoms with Gasteiger partial charge in [0.05, 0.1) is 32.6 Å². The summed E-state index contributed by atoms with van der Waals surface area (Å²) in [6.07, 6.45) is 1.66. The summed E-state index contributed by atoms with van der Waals surface area (Å²) < 4.78 is 16.9. The van der Waals surface area contributed by atoms with Crippen molar-refractivity contribution in [2.75, 3.05) is 39.0 Å². The standard InChI is InChI=1S/C21H22N5O4.Al/c1-22-20(27)14-7-5-6-8-15(14)25-18-9-10-23-21(26-18)24-13-11-16(28-2)19(30-4)17(12-13)29-3;/h5-8,10-12H,1-4H3,(H,22,27)(H2,23,24,25,26);. The number of methoxy groups -OCH3 is 3. The Morgan fingerprint density at radius 3 is 2.29 bits per heavy atom. The second kappa shape index (κ2) is 10.0. The van der Waals surface area contributed by atoms with Crippen LogP contribution in [0.1, 0.15) is 10.4 Å². The van der Waals surface area contributed by atoms with Gasteiger partial charge in [0.1, 0.15) is 5.82 Å². The average molecular weight is 435 g/mol. The molecule has 0 bridgehead atoms. The van der Waals surface area contributed by atoms with Crippen LogP contribution < -0.4 is 34.6 Å². The van der Waals surface area contributed by atoms with Crippen molar-refractivity contribution in [3.05, 3.63) is 48.2 Å². The second-order valence-corrected chi connectivity index (χ2v) is 6.91. The van der Waals surface area contributed by atoms with Crippen molar-refractivity contribution < 1.29 is 19.0 Å². The number of carbonyl (C=O) groups is 1. The third-order valence-electron chi connectivity index (χ3n) is 4.39. The van der Waals surface area contributed by atoms with Crippen molar-refractivity contribution in [2.45, 2.75) is 0 Å². The third-order valence-corrected chi connectivity index (χ3v) is 4.81. The molecule has 0 aliphatic rings. The van der Waals surface area contributed by atoms with Gasteiger partial charge in [0, 0.05) is 31.1 Å². The molecule has 0 saturated heterocycles. The second-order valence-electron chi connectivity index (χ2n) is 6.29. The predicted octanol–water partition coefficient (Wildman–Crippen LogP) is 2.14. The molecule has 0 atom stereocenters. The van der Waals surface area contributed by atoms with Crippen LogP contribution in [0, 0.1) is 0 Å². The quantitative estimate of drug-likeness (QED) is 0.462. The molecule has 3 aromatic rings. The Morgan fingerprint density at radius 2 is 1.68 bits per heavy atom. The van der Waals surface area contributed by atoms with Crippen molar-refractivity contribution in [1.82, 2.24) is 15.3 Å². The number of anilines is 4. The highest BCUT2D eigenvalue weighted by Crippen LogP contribution is 2.40. The Morgan fingerprint density at radius 1 is 1.00 bits per heavy atom. The van der Waals surface area contributed by atoms with Gasteiger partial charge >= 0.3 is 0 Å². The third kappa shape index (κ3) is 4.99. The van der Waals surface area contributed by atoms with E-state index in [2.05, 4.69) is 42.2 Å². The van der Waals surface area contributed by atoms with Crippen LogP contribution in [-0.2, 0) is 0 Å². The van der Waals surface area contributed by atoms with Gasteiger partial charge < -0.3 is 30.2 Å². The topological polar surface area (TPSA) is 107 Å². The monoisotopic (exact) mass is 435 g/mol. The van der Waals surface area contributed by atoms with Gasteiger partial charge in [-0.05, 0) is 12.1 Å².